The molecular formula is C20H15Cl2FN2O4S. The van der Waals surface area contributed by atoms with Gasteiger partial charge in [0.15, 0.2) is 0 Å². The molecule has 0 aliphatic carbocycles. The molecule has 3 rings (SSSR count). The summed E-state index contributed by atoms with van der Waals surface area (Å²) in [5.41, 5.74) is 0.135. The van der Waals surface area contributed by atoms with E-state index in [2.05, 4.69) is 10.0 Å². The van der Waals surface area contributed by atoms with Gasteiger partial charge in [-0.1, -0.05) is 23.2 Å². The first-order valence-corrected chi connectivity index (χ1v) is 10.7. The highest BCUT2D eigenvalue weighted by Gasteiger charge is 2.21. The normalized spacial score (nSPS) is 11.1. The number of hydrogen-bond acceptors (Lipinski definition) is 4. The molecule has 10 heteroatoms. The fourth-order valence-electron chi connectivity index (χ4n) is 2.56. The van der Waals surface area contributed by atoms with Gasteiger partial charge in [0.05, 0.1) is 12.7 Å². The molecule has 0 aliphatic heterocycles. The minimum atomic E-state index is -4.07. The monoisotopic (exact) mass is 468 g/mol. The first-order chi connectivity index (χ1) is 14.2. The molecule has 0 radical (unpaired) electrons. The van der Waals surface area contributed by atoms with Crippen molar-refractivity contribution in [3.05, 3.63) is 82.1 Å². The highest BCUT2D eigenvalue weighted by molar-refractivity contribution is 7.92. The van der Waals surface area contributed by atoms with Gasteiger partial charge in [-0.25, -0.2) is 12.8 Å². The highest BCUT2D eigenvalue weighted by Crippen LogP contribution is 2.29. The van der Waals surface area contributed by atoms with E-state index in [4.69, 9.17) is 27.9 Å². The van der Waals surface area contributed by atoms with E-state index in [0.717, 1.165) is 6.07 Å². The molecule has 0 saturated heterocycles. The Balaban J connectivity index is 1.92. The van der Waals surface area contributed by atoms with Crippen LogP contribution in [0.5, 0.6) is 5.75 Å². The number of benzene rings is 3. The quantitative estimate of drug-likeness (QED) is 0.520. The molecule has 0 bridgehead atoms. The molecule has 2 N–H and O–H groups in total. The summed E-state index contributed by atoms with van der Waals surface area (Å²) in [5.74, 6) is -1.49. The Kier molecular flexibility index (Phi) is 6.50. The number of methoxy groups -OCH3 is 1. The number of sulfonamides is 1. The number of carbonyl (C=O) groups is 1. The third kappa shape index (κ3) is 5.02. The van der Waals surface area contributed by atoms with Crippen LogP contribution < -0.4 is 14.8 Å². The Labute approximate surface area is 182 Å². The van der Waals surface area contributed by atoms with Gasteiger partial charge >= 0.3 is 0 Å². The van der Waals surface area contributed by atoms with E-state index >= 15 is 0 Å². The molecule has 156 valence electrons. The van der Waals surface area contributed by atoms with Crippen LogP contribution in [-0.2, 0) is 10.0 Å². The molecule has 0 spiro atoms. The topological polar surface area (TPSA) is 84.5 Å². The summed E-state index contributed by atoms with van der Waals surface area (Å²) in [7, 11) is -2.76. The van der Waals surface area contributed by atoms with Gasteiger partial charge in [-0.2, -0.15) is 0 Å². The summed E-state index contributed by atoms with van der Waals surface area (Å²) in [6, 6.07) is 13.6. The van der Waals surface area contributed by atoms with Gasteiger partial charge in [-0.15, -0.1) is 0 Å². The van der Waals surface area contributed by atoms with Crippen LogP contribution in [0.4, 0.5) is 15.8 Å². The molecule has 3 aromatic carbocycles. The van der Waals surface area contributed by atoms with Crippen molar-refractivity contribution in [2.45, 2.75) is 4.90 Å². The predicted octanol–water partition coefficient (Wildman–Crippen LogP) is 5.19. The number of rotatable bonds is 6. The first kappa shape index (κ1) is 21.9. The summed E-state index contributed by atoms with van der Waals surface area (Å²) in [6.45, 7) is 0. The largest absolute Gasteiger partial charge is 0.495 e. The molecule has 0 unspecified atom stereocenters. The van der Waals surface area contributed by atoms with E-state index in [0.29, 0.717) is 5.02 Å². The van der Waals surface area contributed by atoms with E-state index in [1.807, 2.05) is 0 Å². The van der Waals surface area contributed by atoms with Gasteiger partial charge in [-0.05, 0) is 60.7 Å². The summed E-state index contributed by atoms with van der Waals surface area (Å²) < 4.78 is 47.2. The van der Waals surface area contributed by atoms with Crippen LogP contribution in [0.25, 0.3) is 0 Å². The molecule has 3 aromatic rings. The minimum absolute atomic E-state index is 0.0587. The Morgan fingerprint density at radius 1 is 0.933 bits per heavy atom. The predicted molar refractivity (Wildman–Crippen MR) is 115 cm³/mol. The van der Waals surface area contributed by atoms with Crippen molar-refractivity contribution in [3.63, 3.8) is 0 Å². The smallest absolute Gasteiger partial charge is 0.265 e. The zero-order valence-corrected chi connectivity index (χ0v) is 17.8. The average Bonchev–Trinajstić information content (AvgIpc) is 2.71. The zero-order valence-electron chi connectivity index (χ0n) is 15.4. The van der Waals surface area contributed by atoms with E-state index in [-0.39, 0.29) is 32.6 Å². The zero-order chi connectivity index (χ0) is 21.9. The first-order valence-electron chi connectivity index (χ1n) is 8.42. The van der Waals surface area contributed by atoms with Gasteiger partial charge in [0.2, 0.25) is 0 Å². The van der Waals surface area contributed by atoms with Crippen LogP contribution in [0.1, 0.15) is 10.4 Å². The fourth-order valence-corrected chi connectivity index (χ4v) is 4.12. The maximum atomic E-state index is 13.9. The standard InChI is InChI=1S/C20H15Cl2FN2O4S/c1-29-18-9-7-15(24-20(26)16-10-13(22)4-8-17(16)23)11-19(18)30(27,28)25-14-5-2-12(21)3-6-14/h2-11,25H,1H3,(H,24,26). The van der Waals surface area contributed by atoms with Gasteiger partial charge in [0.1, 0.15) is 16.5 Å². The van der Waals surface area contributed by atoms with Crippen LogP contribution in [0.2, 0.25) is 10.0 Å². The lowest BCUT2D eigenvalue weighted by Crippen LogP contribution is -2.16. The van der Waals surface area contributed by atoms with Crippen molar-refractivity contribution in [1.82, 2.24) is 0 Å². The maximum absolute atomic E-state index is 13.9. The second-order valence-electron chi connectivity index (χ2n) is 6.06. The Morgan fingerprint density at radius 2 is 1.57 bits per heavy atom. The van der Waals surface area contributed by atoms with Crippen molar-refractivity contribution < 1.29 is 22.3 Å². The average molecular weight is 469 g/mol. The third-order valence-corrected chi connectivity index (χ3v) is 5.87. The van der Waals surface area contributed by atoms with Crippen LogP contribution in [-0.4, -0.2) is 21.4 Å². The molecule has 0 saturated carbocycles. The Morgan fingerprint density at radius 3 is 2.23 bits per heavy atom. The number of halogens is 3. The van der Waals surface area contributed by atoms with E-state index in [9.17, 15) is 17.6 Å². The summed E-state index contributed by atoms with van der Waals surface area (Å²) in [6.07, 6.45) is 0. The summed E-state index contributed by atoms with van der Waals surface area (Å²) >= 11 is 11.6. The number of amides is 1. The third-order valence-electron chi connectivity index (χ3n) is 3.98. The lowest BCUT2D eigenvalue weighted by atomic mass is 10.2. The molecule has 1 amide bonds. The Bertz CT molecular complexity index is 1200. The molecule has 0 atom stereocenters. The second-order valence-corrected chi connectivity index (χ2v) is 8.58. The number of carbonyl (C=O) groups excluding carboxylic acids is 1. The summed E-state index contributed by atoms with van der Waals surface area (Å²) in [4.78, 5) is 12.2. The fraction of sp³-hybridized carbons (Fsp3) is 0.0500. The molecule has 0 aromatic heterocycles. The molecule has 0 aliphatic rings. The van der Waals surface area contributed by atoms with E-state index in [1.54, 1.807) is 0 Å². The maximum Gasteiger partial charge on any atom is 0.265 e. The lowest BCUT2D eigenvalue weighted by molar-refractivity contribution is 0.102. The second kappa shape index (κ2) is 8.91. The Hall–Kier alpha value is -2.81. The molecular weight excluding hydrogens is 454 g/mol. The van der Waals surface area contributed by atoms with Gasteiger partial charge in [-0.3, -0.25) is 9.52 Å². The molecule has 6 nitrogen and oxygen atoms in total. The minimum Gasteiger partial charge on any atom is -0.495 e. The van der Waals surface area contributed by atoms with Crippen LogP contribution in [0.3, 0.4) is 0 Å². The van der Waals surface area contributed by atoms with E-state index in [1.165, 1.54) is 61.7 Å². The van der Waals surface area contributed by atoms with Crippen LogP contribution >= 0.6 is 23.2 Å². The number of nitrogens with one attached hydrogen (secondary N) is 2. The van der Waals surface area contributed by atoms with Crippen molar-refractivity contribution in [2.24, 2.45) is 0 Å². The van der Waals surface area contributed by atoms with Gasteiger partial charge < -0.3 is 10.1 Å². The van der Waals surface area contributed by atoms with Crippen molar-refractivity contribution in [1.29, 1.82) is 0 Å². The van der Waals surface area contributed by atoms with Crippen molar-refractivity contribution in [2.75, 3.05) is 17.1 Å². The lowest BCUT2D eigenvalue weighted by Gasteiger charge is -2.14. The van der Waals surface area contributed by atoms with Gasteiger partial charge in [0.25, 0.3) is 15.9 Å². The van der Waals surface area contributed by atoms with Crippen LogP contribution in [0, 0.1) is 5.82 Å². The number of ether oxygens (including phenoxy) is 1. The molecule has 0 heterocycles. The number of anilines is 2. The highest BCUT2D eigenvalue weighted by atomic mass is 35.5. The molecule has 30 heavy (non-hydrogen) atoms. The number of hydrogen-bond donors (Lipinski definition) is 2. The van der Waals surface area contributed by atoms with Crippen LogP contribution in [0.15, 0.2) is 65.6 Å². The van der Waals surface area contributed by atoms with Gasteiger partial charge in [0, 0.05) is 21.4 Å². The SMILES string of the molecule is COc1ccc(NC(=O)c2cc(Cl)ccc2F)cc1S(=O)(=O)Nc1ccc(Cl)cc1. The van der Waals surface area contributed by atoms with Crippen molar-refractivity contribution >= 4 is 50.5 Å². The van der Waals surface area contributed by atoms with E-state index < -0.39 is 21.7 Å². The molecule has 0 fully saturated rings. The van der Waals surface area contributed by atoms with Crippen molar-refractivity contribution in [3.8, 4) is 5.75 Å². The summed E-state index contributed by atoms with van der Waals surface area (Å²) in [5, 5.41) is 3.10.